The number of amides is 1. The lowest BCUT2D eigenvalue weighted by molar-refractivity contribution is -0.136. The fourth-order valence-electron chi connectivity index (χ4n) is 4.52. The largest absolute Gasteiger partial charge is 0.341 e. The molecule has 2 aromatic carbocycles. The van der Waals surface area contributed by atoms with E-state index in [1.165, 1.54) is 9.87 Å². The number of rotatable bonds is 5. The van der Waals surface area contributed by atoms with Crippen molar-refractivity contribution in [2.24, 2.45) is 5.92 Å². The Balaban J connectivity index is 1.39. The van der Waals surface area contributed by atoms with Crippen molar-refractivity contribution in [2.75, 3.05) is 19.6 Å². The summed E-state index contributed by atoms with van der Waals surface area (Å²) >= 11 is 0. The van der Waals surface area contributed by atoms with Gasteiger partial charge in [-0.1, -0.05) is 48.5 Å². The molecular weight excluding hydrogens is 384 g/mol. The maximum atomic E-state index is 13.2. The molecule has 5 nitrogen and oxygen atoms in total. The zero-order chi connectivity index (χ0) is 20.3. The molecular formula is C23H28N2O3S. The van der Waals surface area contributed by atoms with Crippen LogP contribution in [0.2, 0.25) is 0 Å². The Hall–Kier alpha value is -2.18. The predicted molar refractivity (Wildman–Crippen MR) is 113 cm³/mol. The van der Waals surface area contributed by atoms with Crippen molar-refractivity contribution in [3.8, 4) is 0 Å². The van der Waals surface area contributed by atoms with E-state index < -0.39 is 16.1 Å². The number of hydrogen-bond donors (Lipinski definition) is 0. The van der Waals surface area contributed by atoms with E-state index in [2.05, 4.69) is 24.3 Å². The summed E-state index contributed by atoms with van der Waals surface area (Å²) in [6.45, 7) is 1.84. The Kier molecular flexibility index (Phi) is 6.01. The van der Waals surface area contributed by atoms with Gasteiger partial charge in [0, 0.05) is 19.6 Å². The molecule has 154 valence electrons. The summed E-state index contributed by atoms with van der Waals surface area (Å²) in [5.41, 5.74) is 1.34. The van der Waals surface area contributed by atoms with Gasteiger partial charge < -0.3 is 4.90 Å². The highest BCUT2D eigenvalue weighted by Gasteiger charge is 2.41. The molecule has 0 N–H and O–H groups in total. The Morgan fingerprint density at radius 3 is 2.14 bits per heavy atom. The van der Waals surface area contributed by atoms with E-state index in [0.29, 0.717) is 32.0 Å². The average molecular weight is 413 g/mol. The lowest BCUT2D eigenvalue weighted by atomic mass is 9.90. The summed E-state index contributed by atoms with van der Waals surface area (Å²) in [6, 6.07) is 18.3. The van der Waals surface area contributed by atoms with Crippen LogP contribution in [0.5, 0.6) is 0 Å². The first-order chi connectivity index (χ1) is 14.1. The van der Waals surface area contributed by atoms with E-state index in [-0.39, 0.29) is 10.8 Å². The first-order valence-corrected chi connectivity index (χ1v) is 11.9. The smallest absolute Gasteiger partial charge is 0.243 e. The van der Waals surface area contributed by atoms with Crippen LogP contribution in [-0.4, -0.2) is 49.2 Å². The van der Waals surface area contributed by atoms with Crippen molar-refractivity contribution in [1.29, 1.82) is 0 Å². The molecule has 2 saturated heterocycles. The zero-order valence-corrected chi connectivity index (χ0v) is 17.4. The quantitative estimate of drug-likeness (QED) is 0.757. The summed E-state index contributed by atoms with van der Waals surface area (Å²) in [5.74, 6) is 0.550. The van der Waals surface area contributed by atoms with Crippen LogP contribution in [0.25, 0.3) is 0 Å². The highest BCUT2D eigenvalue weighted by atomic mass is 32.2. The van der Waals surface area contributed by atoms with Gasteiger partial charge in [0.15, 0.2) is 0 Å². The van der Waals surface area contributed by atoms with Gasteiger partial charge in [0.05, 0.1) is 4.90 Å². The molecule has 1 atom stereocenters. The Labute approximate surface area is 173 Å². The zero-order valence-electron chi connectivity index (χ0n) is 16.6. The third-order valence-electron chi connectivity index (χ3n) is 6.13. The molecule has 2 aliphatic heterocycles. The predicted octanol–water partition coefficient (Wildman–Crippen LogP) is 3.32. The summed E-state index contributed by atoms with van der Waals surface area (Å²) in [6.07, 6.45) is 4.32. The second-order valence-electron chi connectivity index (χ2n) is 8.05. The molecule has 1 amide bonds. The molecule has 2 aliphatic rings. The van der Waals surface area contributed by atoms with Crippen LogP contribution in [-0.2, 0) is 21.2 Å². The van der Waals surface area contributed by atoms with E-state index in [1.54, 1.807) is 30.3 Å². The number of sulfonamides is 1. The first kappa shape index (κ1) is 20.1. The lowest BCUT2D eigenvalue weighted by Gasteiger charge is -2.35. The molecule has 4 rings (SSSR count). The number of hydrogen-bond acceptors (Lipinski definition) is 3. The lowest BCUT2D eigenvalue weighted by Crippen LogP contribution is -2.50. The van der Waals surface area contributed by atoms with E-state index in [0.717, 1.165) is 25.7 Å². The van der Waals surface area contributed by atoms with Crippen molar-refractivity contribution >= 4 is 15.9 Å². The van der Waals surface area contributed by atoms with Gasteiger partial charge in [-0.2, -0.15) is 4.31 Å². The van der Waals surface area contributed by atoms with Gasteiger partial charge >= 0.3 is 0 Å². The van der Waals surface area contributed by atoms with E-state index in [1.807, 2.05) is 11.0 Å². The second kappa shape index (κ2) is 8.67. The van der Waals surface area contributed by atoms with Crippen molar-refractivity contribution in [2.45, 2.75) is 43.0 Å². The fourth-order valence-corrected chi connectivity index (χ4v) is 6.19. The normalized spacial score (nSPS) is 21.4. The minimum atomic E-state index is -3.64. The van der Waals surface area contributed by atoms with Crippen molar-refractivity contribution in [3.05, 3.63) is 66.2 Å². The number of piperidine rings is 1. The van der Waals surface area contributed by atoms with Crippen LogP contribution >= 0.6 is 0 Å². The Morgan fingerprint density at radius 1 is 0.862 bits per heavy atom. The molecule has 6 heteroatoms. The third kappa shape index (κ3) is 4.38. The van der Waals surface area contributed by atoms with Gasteiger partial charge in [0.2, 0.25) is 15.9 Å². The molecule has 2 aromatic rings. The summed E-state index contributed by atoms with van der Waals surface area (Å²) in [5, 5.41) is 0. The highest BCUT2D eigenvalue weighted by Crippen LogP contribution is 2.29. The molecule has 0 saturated carbocycles. The van der Waals surface area contributed by atoms with Crippen LogP contribution in [0, 0.1) is 5.92 Å². The van der Waals surface area contributed by atoms with Crippen LogP contribution < -0.4 is 0 Å². The molecule has 0 aromatic heterocycles. The number of benzene rings is 2. The van der Waals surface area contributed by atoms with Gasteiger partial charge in [-0.15, -0.1) is 0 Å². The van der Waals surface area contributed by atoms with Gasteiger partial charge in [-0.3, -0.25) is 4.79 Å². The first-order valence-electron chi connectivity index (χ1n) is 10.5. The number of carbonyl (C=O) groups excluding carboxylic acids is 1. The Morgan fingerprint density at radius 2 is 1.48 bits per heavy atom. The third-order valence-corrected chi connectivity index (χ3v) is 8.05. The molecule has 2 fully saturated rings. The number of likely N-dealkylation sites (tertiary alicyclic amines) is 1. The molecule has 1 unspecified atom stereocenters. The Bertz CT molecular complexity index is 923. The summed E-state index contributed by atoms with van der Waals surface area (Å²) < 4.78 is 27.5. The maximum absolute atomic E-state index is 13.2. The second-order valence-corrected chi connectivity index (χ2v) is 9.94. The van der Waals surface area contributed by atoms with E-state index in [4.69, 9.17) is 0 Å². The van der Waals surface area contributed by atoms with Gasteiger partial charge in [0.25, 0.3) is 0 Å². The maximum Gasteiger partial charge on any atom is 0.243 e. The monoisotopic (exact) mass is 412 g/mol. The minimum Gasteiger partial charge on any atom is -0.341 e. The molecule has 29 heavy (non-hydrogen) atoms. The van der Waals surface area contributed by atoms with E-state index in [9.17, 15) is 13.2 Å². The van der Waals surface area contributed by atoms with Gasteiger partial charge in [-0.05, 0) is 55.7 Å². The highest BCUT2D eigenvalue weighted by molar-refractivity contribution is 7.89. The average Bonchev–Trinajstić information content (AvgIpc) is 3.26. The van der Waals surface area contributed by atoms with Gasteiger partial charge in [0.1, 0.15) is 6.04 Å². The topological polar surface area (TPSA) is 57.7 Å². The molecule has 0 aliphatic carbocycles. The fraction of sp³-hybridized carbons (Fsp3) is 0.435. The number of carbonyl (C=O) groups is 1. The van der Waals surface area contributed by atoms with Crippen molar-refractivity contribution < 1.29 is 13.2 Å². The van der Waals surface area contributed by atoms with Crippen molar-refractivity contribution in [3.63, 3.8) is 0 Å². The van der Waals surface area contributed by atoms with Crippen LogP contribution in [0.1, 0.15) is 31.2 Å². The summed E-state index contributed by atoms with van der Waals surface area (Å²) in [4.78, 5) is 15.3. The standard InChI is InChI=1S/C23H28N2O3S/c26-23(24-16-13-20(14-17-24)18-19-8-3-1-4-9-19)22-12-7-15-25(22)29(27,28)21-10-5-2-6-11-21/h1-6,8-11,20,22H,7,12-18H2. The molecule has 0 spiro atoms. The van der Waals surface area contributed by atoms with Crippen molar-refractivity contribution in [1.82, 2.24) is 9.21 Å². The molecule has 2 heterocycles. The van der Waals surface area contributed by atoms with Crippen LogP contribution in [0.15, 0.2) is 65.6 Å². The van der Waals surface area contributed by atoms with Gasteiger partial charge in [-0.25, -0.2) is 8.42 Å². The van der Waals surface area contributed by atoms with Crippen LogP contribution in [0.3, 0.4) is 0 Å². The SMILES string of the molecule is O=C(C1CCCN1S(=O)(=O)c1ccccc1)N1CCC(Cc2ccccc2)CC1. The van der Waals surface area contributed by atoms with E-state index >= 15 is 0 Å². The summed E-state index contributed by atoms with van der Waals surface area (Å²) in [7, 11) is -3.64. The number of nitrogens with zero attached hydrogens (tertiary/aromatic N) is 2. The molecule has 0 bridgehead atoms. The van der Waals surface area contributed by atoms with Crippen LogP contribution in [0.4, 0.5) is 0 Å². The molecule has 0 radical (unpaired) electrons. The minimum absolute atomic E-state index is 0.0276.